The van der Waals surface area contributed by atoms with Gasteiger partial charge in [0, 0.05) is 28.6 Å². The van der Waals surface area contributed by atoms with Crippen LogP contribution in [0.2, 0.25) is 5.02 Å². The molecular weight excluding hydrogens is 432 g/mol. The van der Waals surface area contributed by atoms with E-state index in [0.717, 1.165) is 29.8 Å². The molecule has 0 unspecified atom stereocenters. The molecule has 2 amide bonds. The summed E-state index contributed by atoms with van der Waals surface area (Å²) in [5.74, 6) is -0.0457. The summed E-state index contributed by atoms with van der Waals surface area (Å²) in [4.78, 5) is 27.9. The zero-order valence-corrected chi connectivity index (χ0v) is 18.2. The second-order valence-corrected chi connectivity index (χ2v) is 9.31. The van der Waals surface area contributed by atoms with Crippen LogP contribution in [0, 0.1) is 0 Å². The number of thiocarbonyl (C=S) groups is 1. The summed E-state index contributed by atoms with van der Waals surface area (Å²) in [6.45, 7) is 0.589. The molecule has 0 saturated carbocycles. The van der Waals surface area contributed by atoms with Gasteiger partial charge in [-0.1, -0.05) is 48.1 Å². The molecule has 1 aromatic heterocycles. The molecule has 2 heterocycles. The number of hydrogen-bond donors (Lipinski definition) is 1. The highest BCUT2D eigenvalue weighted by Crippen LogP contribution is 2.33. The average Bonchev–Trinajstić information content (AvgIpc) is 3.27. The van der Waals surface area contributed by atoms with E-state index in [4.69, 9.17) is 23.8 Å². The van der Waals surface area contributed by atoms with Crippen molar-refractivity contribution >= 4 is 74.8 Å². The molecule has 1 aliphatic heterocycles. The Bertz CT molecular complexity index is 879. The lowest BCUT2D eigenvalue weighted by Gasteiger charge is -2.14. The summed E-state index contributed by atoms with van der Waals surface area (Å²) in [5, 5.41) is 5.47. The van der Waals surface area contributed by atoms with Gasteiger partial charge >= 0.3 is 0 Å². The minimum absolute atomic E-state index is 0.0215. The standard InChI is InChI=1S/C20H19ClN2O2S3/c21-14-7-9-15(10-8-14)22-18(24)6-2-1-3-11-23-19(25)17(28-20(23)26)13-16-5-4-12-27-16/h4-5,7-10,12-13H,1-3,6,11H2,(H,22,24)/b17-13-. The smallest absolute Gasteiger partial charge is 0.266 e. The Balaban J connectivity index is 1.38. The molecule has 1 aromatic carbocycles. The van der Waals surface area contributed by atoms with Crippen LogP contribution in [-0.2, 0) is 9.59 Å². The third kappa shape index (κ3) is 5.91. The number of amides is 2. The van der Waals surface area contributed by atoms with E-state index in [1.807, 2.05) is 23.6 Å². The number of nitrogens with one attached hydrogen (secondary N) is 1. The van der Waals surface area contributed by atoms with Crippen molar-refractivity contribution in [3.63, 3.8) is 0 Å². The fourth-order valence-corrected chi connectivity index (χ4v) is 4.84. The zero-order chi connectivity index (χ0) is 19.9. The number of carbonyl (C=O) groups is 2. The first kappa shape index (κ1) is 21.0. The van der Waals surface area contributed by atoms with Gasteiger partial charge in [-0.3, -0.25) is 14.5 Å². The molecule has 2 aromatic rings. The van der Waals surface area contributed by atoms with Crippen molar-refractivity contribution in [2.75, 3.05) is 11.9 Å². The van der Waals surface area contributed by atoms with E-state index < -0.39 is 0 Å². The van der Waals surface area contributed by atoms with Gasteiger partial charge in [-0.05, 0) is 54.6 Å². The van der Waals surface area contributed by atoms with E-state index in [-0.39, 0.29) is 11.8 Å². The first-order valence-corrected chi connectivity index (χ1v) is 11.4. The largest absolute Gasteiger partial charge is 0.326 e. The monoisotopic (exact) mass is 450 g/mol. The molecule has 3 rings (SSSR count). The third-order valence-corrected chi connectivity index (χ3v) is 6.55. The molecule has 146 valence electrons. The minimum Gasteiger partial charge on any atom is -0.326 e. The fourth-order valence-electron chi connectivity index (χ4n) is 2.68. The highest BCUT2D eigenvalue weighted by molar-refractivity contribution is 8.26. The molecule has 1 fully saturated rings. The van der Waals surface area contributed by atoms with E-state index in [2.05, 4.69) is 5.32 Å². The average molecular weight is 451 g/mol. The molecule has 28 heavy (non-hydrogen) atoms. The molecule has 0 spiro atoms. The lowest BCUT2D eigenvalue weighted by Crippen LogP contribution is -2.29. The van der Waals surface area contributed by atoms with E-state index in [1.165, 1.54) is 11.8 Å². The van der Waals surface area contributed by atoms with Crippen LogP contribution in [-0.4, -0.2) is 27.6 Å². The number of hydrogen-bond acceptors (Lipinski definition) is 5. The Morgan fingerprint density at radius 3 is 2.68 bits per heavy atom. The number of thiophene rings is 1. The van der Waals surface area contributed by atoms with Gasteiger partial charge in [-0.15, -0.1) is 11.3 Å². The van der Waals surface area contributed by atoms with Crippen molar-refractivity contribution in [2.45, 2.75) is 25.7 Å². The number of nitrogens with zero attached hydrogens (tertiary/aromatic N) is 1. The van der Waals surface area contributed by atoms with Gasteiger partial charge in [0.25, 0.3) is 5.91 Å². The first-order valence-electron chi connectivity index (χ1n) is 8.87. The first-order chi connectivity index (χ1) is 13.5. The molecule has 4 nitrogen and oxygen atoms in total. The summed E-state index contributed by atoms with van der Waals surface area (Å²) in [7, 11) is 0. The number of anilines is 1. The van der Waals surface area contributed by atoms with Crippen LogP contribution in [0.25, 0.3) is 6.08 Å². The summed E-state index contributed by atoms with van der Waals surface area (Å²) in [6, 6.07) is 11.0. The maximum absolute atomic E-state index is 12.5. The van der Waals surface area contributed by atoms with Gasteiger partial charge in [-0.25, -0.2) is 0 Å². The zero-order valence-electron chi connectivity index (χ0n) is 15.0. The van der Waals surface area contributed by atoms with Crippen LogP contribution in [0.15, 0.2) is 46.7 Å². The Morgan fingerprint density at radius 1 is 1.18 bits per heavy atom. The SMILES string of the molecule is O=C(CCCCCN1C(=O)/C(=C/c2cccs2)SC1=S)Nc1ccc(Cl)cc1. The third-order valence-electron chi connectivity index (χ3n) is 4.10. The normalized spacial score (nSPS) is 15.5. The van der Waals surface area contributed by atoms with Crippen LogP contribution in [0.5, 0.6) is 0 Å². The number of unbranched alkanes of at least 4 members (excludes halogenated alkanes) is 2. The highest BCUT2D eigenvalue weighted by atomic mass is 35.5. The molecule has 1 aliphatic rings. The maximum atomic E-state index is 12.5. The molecule has 0 atom stereocenters. The van der Waals surface area contributed by atoms with Crippen LogP contribution in [0.4, 0.5) is 5.69 Å². The fraction of sp³-hybridized carbons (Fsp3) is 0.250. The van der Waals surface area contributed by atoms with Crippen molar-refractivity contribution in [1.82, 2.24) is 4.90 Å². The summed E-state index contributed by atoms with van der Waals surface area (Å²) in [5.41, 5.74) is 0.740. The van der Waals surface area contributed by atoms with E-state index in [0.29, 0.717) is 27.2 Å². The minimum atomic E-state index is -0.0242. The predicted octanol–water partition coefficient (Wildman–Crippen LogP) is 5.80. The predicted molar refractivity (Wildman–Crippen MR) is 123 cm³/mol. The Labute approximate surface area is 183 Å². The molecular formula is C20H19ClN2O2S3. The van der Waals surface area contributed by atoms with Crippen molar-refractivity contribution in [3.05, 3.63) is 56.6 Å². The van der Waals surface area contributed by atoms with Gasteiger partial charge in [0.15, 0.2) is 0 Å². The molecule has 0 aliphatic carbocycles. The molecule has 1 saturated heterocycles. The number of carbonyl (C=O) groups excluding carboxylic acids is 2. The molecule has 8 heteroatoms. The Hall–Kier alpha value is -1.67. The number of rotatable bonds is 8. The van der Waals surface area contributed by atoms with E-state index >= 15 is 0 Å². The lowest BCUT2D eigenvalue weighted by molar-refractivity contribution is -0.122. The summed E-state index contributed by atoms with van der Waals surface area (Å²) in [6.07, 6.45) is 4.77. The molecule has 1 N–H and O–H groups in total. The second kappa shape index (κ2) is 10.2. The van der Waals surface area contributed by atoms with E-state index in [1.54, 1.807) is 40.5 Å². The van der Waals surface area contributed by atoms with Crippen molar-refractivity contribution in [2.24, 2.45) is 0 Å². The second-order valence-electron chi connectivity index (χ2n) is 6.21. The number of benzene rings is 1. The maximum Gasteiger partial charge on any atom is 0.266 e. The van der Waals surface area contributed by atoms with Crippen molar-refractivity contribution < 1.29 is 9.59 Å². The highest BCUT2D eigenvalue weighted by Gasteiger charge is 2.31. The van der Waals surface area contributed by atoms with Crippen LogP contribution >= 0.6 is 46.9 Å². The summed E-state index contributed by atoms with van der Waals surface area (Å²) < 4.78 is 0.605. The number of halogens is 1. The van der Waals surface area contributed by atoms with Crippen molar-refractivity contribution in [1.29, 1.82) is 0 Å². The van der Waals surface area contributed by atoms with Gasteiger partial charge in [0.1, 0.15) is 4.32 Å². The van der Waals surface area contributed by atoms with Crippen molar-refractivity contribution in [3.8, 4) is 0 Å². The number of thioether (sulfide) groups is 1. The van der Waals surface area contributed by atoms with Crippen LogP contribution < -0.4 is 5.32 Å². The Kier molecular flexibility index (Phi) is 7.67. The lowest BCUT2D eigenvalue weighted by atomic mass is 10.1. The van der Waals surface area contributed by atoms with Gasteiger partial charge in [0.2, 0.25) is 5.91 Å². The van der Waals surface area contributed by atoms with Gasteiger partial charge in [0.05, 0.1) is 4.91 Å². The quantitative estimate of drug-likeness (QED) is 0.313. The van der Waals surface area contributed by atoms with Gasteiger partial charge in [-0.2, -0.15) is 0 Å². The summed E-state index contributed by atoms with van der Waals surface area (Å²) >= 11 is 14.1. The Morgan fingerprint density at radius 2 is 1.96 bits per heavy atom. The van der Waals surface area contributed by atoms with Crippen LogP contribution in [0.3, 0.4) is 0 Å². The molecule has 0 radical (unpaired) electrons. The topological polar surface area (TPSA) is 49.4 Å². The molecule has 0 bridgehead atoms. The van der Waals surface area contributed by atoms with Crippen LogP contribution in [0.1, 0.15) is 30.6 Å². The van der Waals surface area contributed by atoms with Gasteiger partial charge < -0.3 is 5.32 Å². The van der Waals surface area contributed by atoms with E-state index in [9.17, 15) is 9.59 Å².